The molecule has 1 heterocycles. The van der Waals surface area contributed by atoms with Crippen LogP contribution in [0.5, 0.6) is 0 Å². The van der Waals surface area contributed by atoms with E-state index in [9.17, 15) is 4.79 Å². The number of aromatic nitrogens is 2. The molecule has 4 nitrogen and oxygen atoms in total. The van der Waals surface area contributed by atoms with Crippen LogP contribution in [0.1, 0.15) is 44.3 Å². The zero-order valence-electron chi connectivity index (χ0n) is 10.5. The van der Waals surface area contributed by atoms with Gasteiger partial charge >= 0.3 is 0 Å². The summed E-state index contributed by atoms with van der Waals surface area (Å²) in [7, 11) is 0. The number of nitrogens with one attached hydrogen (secondary N) is 1. The highest BCUT2D eigenvalue weighted by Crippen LogP contribution is 2.59. The number of nitrogen functional groups attached to an aromatic ring is 1. The molecule has 4 aliphatic carbocycles. The lowest BCUT2D eigenvalue weighted by Crippen LogP contribution is -2.49. The van der Waals surface area contributed by atoms with E-state index >= 15 is 0 Å². The number of nitrogens with zero attached hydrogens (tertiary/aromatic N) is 1. The Morgan fingerprint density at radius 2 is 1.72 bits per heavy atom. The minimum absolute atomic E-state index is 0.103. The Morgan fingerprint density at radius 1 is 1.17 bits per heavy atom. The third-order valence-corrected chi connectivity index (χ3v) is 5.30. The second kappa shape index (κ2) is 3.37. The van der Waals surface area contributed by atoms with Crippen molar-refractivity contribution in [3.8, 4) is 0 Å². The highest BCUT2D eigenvalue weighted by molar-refractivity contribution is 5.29. The highest BCUT2D eigenvalue weighted by atomic mass is 16.1. The van der Waals surface area contributed by atoms with E-state index in [1.54, 1.807) is 0 Å². The summed E-state index contributed by atoms with van der Waals surface area (Å²) in [5.74, 6) is 3.78. The van der Waals surface area contributed by atoms with Gasteiger partial charge in [0.05, 0.1) is 0 Å². The fourth-order valence-corrected chi connectivity index (χ4v) is 5.13. The normalized spacial score (nSPS) is 41.2. The average Bonchev–Trinajstić information content (AvgIpc) is 2.25. The van der Waals surface area contributed by atoms with Crippen LogP contribution in [0.4, 0.5) is 5.82 Å². The topological polar surface area (TPSA) is 71.8 Å². The summed E-state index contributed by atoms with van der Waals surface area (Å²) < 4.78 is 0. The van der Waals surface area contributed by atoms with Crippen molar-refractivity contribution in [3.05, 3.63) is 22.2 Å². The van der Waals surface area contributed by atoms with E-state index in [2.05, 4.69) is 9.97 Å². The summed E-state index contributed by atoms with van der Waals surface area (Å²) in [6, 6.07) is 1.38. The van der Waals surface area contributed by atoms with Gasteiger partial charge in [0, 0.05) is 11.5 Å². The van der Waals surface area contributed by atoms with Crippen molar-refractivity contribution in [2.24, 2.45) is 17.8 Å². The van der Waals surface area contributed by atoms with Crippen molar-refractivity contribution in [2.75, 3.05) is 5.73 Å². The zero-order valence-corrected chi connectivity index (χ0v) is 10.5. The van der Waals surface area contributed by atoms with Gasteiger partial charge in [-0.2, -0.15) is 0 Å². The Hall–Kier alpha value is -1.32. The number of rotatable bonds is 1. The van der Waals surface area contributed by atoms with Gasteiger partial charge in [-0.15, -0.1) is 0 Å². The van der Waals surface area contributed by atoms with Crippen LogP contribution in [-0.2, 0) is 5.41 Å². The molecule has 1 aromatic rings. The van der Waals surface area contributed by atoms with E-state index in [0.717, 1.165) is 23.6 Å². The van der Waals surface area contributed by atoms with Crippen LogP contribution in [0.2, 0.25) is 0 Å². The van der Waals surface area contributed by atoms with Crippen molar-refractivity contribution in [3.63, 3.8) is 0 Å². The second-order valence-electron chi connectivity index (χ2n) is 6.72. The molecular formula is C14H19N3O. The molecule has 96 valence electrons. The summed E-state index contributed by atoms with van der Waals surface area (Å²) in [5, 5.41) is 0. The van der Waals surface area contributed by atoms with Crippen LogP contribution in [-0.4, -0.2) is 9.97 Å². The molecule has 4 fully saturated rings. The maximum atomic E-state index is 11.6. The molecule has 5 rings (SSSR count). The lowest BCUT2D eigenvalue weighted by molar-refractivity contribution is -0.00943. The molecule has 0 radical (unpaired) electrons. The predicted molar refractivity (Wildman–Crippen MR) is 69.1 cm³/mol. The molecule has 4 saturated carbocycles. The first kappa shape index (κ1) is 10.6. The SMILES string of the molecule is Nc1cc(=O)[nH]c(C23CC4CC(CC(C4)C2)C3)n1. The van der Waals surface area contributed by atoms with Gasteiger partial charge in [-0.05, 0) is 56.3 Å². The predicted octanol–water partition coefficient (Wildman–Crippen LogP) is 1.82. The molecule has 0 spiro atoms. The number of anilines is 1. The summed E-state index contributed by atoms with van der Waals surface area (Å²) in [4.78, 5) is 19.0. The molecule has 4 heteroatoms. The Bertz CT molecular complexity index is 513. The van der Waals surface area contributed by atoms with Gasteiger partial charge in [-0.1, -0.05) is 0 Å². The molecule has 0 unspecified atom stereocenters. The van der Waals surface area contributed by atoms with Crippen LogP contribution >= 0.6 is 0 Å². The van der Waals surface area contributed by atoms with Crippen LogP contribution in [0.15, 0.2) is 10.9 Å². The number of hydrogen-bond donors (Lipinski definition) is 2. The molecule has 0 aliphatic heterocycles. The Labute approximate surface area is 106 Å². The molecular weight excluding hydrogens is 226 g/mol. The van der Waals surface area contributed by atoms with Gasteiger partial charge in [0.25, 0.3) is 5.56 Å². The van der Waals surface area contributed by atoms with Crippen LogP contribution in [0.25, 0.3) is 0 Å². The lowest BCUT2D eigenvalue weighted by atomic mass is 9.49. The van der Waals surface area contributed by atoms with Crippen molar-refractivity contribution in [1.29, 1.82) is 0 Å². The van der Waals surface area contributed by atoms with Crippen molar-refractivity contribution in [1.82, 2.24) is 9.97 Å². The van der Waals surface area contributed by atoms with E-state index in [0.29, 0.717) is 5.82 Å². The average molecular weight is 245 g/mol. The van der Waals surface area contributed by atoms with E-state index in [1.807, 2.05) is 0 Å². The van der Waals surface area contributed by atoms with Gasteiger partial charge in [-0.3, -0.25) is 4.79 Å². The van der Waals surface area contributed by atoms with Crippen LogP contribution in [0.3, 0.4) is 0 Å². The summed E-state index contributed by atoms with van der Waals surface area (Å²) in [6.07, 6.45) is 7.78. The van der Waals surface area contributed by atoms with Crippen molar-refractivity contribution < 1.29 is 0 Å². The molecule has 4 bridgehead atoms. The maximum absolute atomic E-state index is 11.6. The molecule has 0 atom stereocenters. The first-order valence-corrected chi connectivity index (χ1v) is 7.00. The molecule has 4 aliphatic rings. The minimum atomic E-state index is -0.103. The van der Waals surface area contributed by atoms with E-state index in [1.165, 1.54) is 44.6 Å². The second-order valence-corrected chi connectivity index (χ2v) is 6.72. The fourth-order valence-electron chi connectivity index (χ4n) is 5.13. The first-order valence-electron chi connectivity index (χ1n) is 7.00. The summed E-state index contributed by atoms with van der Waals surface area (Å²) in [6.45, 7) is 0. The van der Waals surface area contributed by atoms with Gasteiger partial charge in [0.1, 0.15) is 11.6 Å². The molecule has 18 heavy (non-hydrogen) atoms. The van der Waals surface area contributed by atoms with Gasteiger partial charge < -0.3 is 10.7 Å². The Morgan fingerprint density at radius 3 is 2.22 bits per heavy atom. The lowest BCUT2D eigenvalue weighted by Gasteiger charge is -2.56. The van der Waals surface area contributed by atoms with E-state index in [-0.39, 0.29) is 11.0 Å². The molecule has 3 N–H and O–H groups in total. The van der Waals surface area contributed by atoms with Gasteiger partial charge in [0.15, 0.2) is 0 Å². The molecule has 0 saturated heterocycles. The van der Waals surface area contributed by atoms with Crippen molar-refractivity contribution in [2.45, 2.75) is 43.9 Å². The van der Waals surface area contributed by atoms with Gasteiger partial charge in [0.2, 0.25) is 0 Å². The third-order valence-electron chi connectivity index (χ3n) is 5.30. The number of H-pyrrole nitrogens is 1. The van der Waals surface area contributed by atoms with Crippen molar-refractivity contribution >= 4 is 5.82 Å². The molecule has 1 aromatic heterocycles. The van der Waals surface area contributed by atoms with E-state index < -0.39 is 0 Å². The molecule has 0 aromatic carbocycles. The number of aromatic amines is 1. The third kappa shape index (κ3) is 1.44. The standard InChI is InChI=1S/C14H19N3O/c15-11-4-12(18)17-13(16-11)14-5-8-1-9(6-14)3-10(2-8)7-14/h4,8-10H,1-3,5-7H2,(H3,15,16,17,18). The van der Waals surface area contributed by atoms with Crippen LogP contribution in [0, 0.1) is 17.8 Å². The quantitative estimate of drug-likeness (QED) is 0.792. The smallest absolute Gasteiger partial charge is 0.252 e. The Kier molecular flexibility index (Phi) is 1.98. The monoisotopic (exact) mass is 245 g/mol. The fraction of sp³-hybridized carbons (Fsp3) is 0.714. The highest BCUT2D eigenvalue weighted by Gasteiger charge is 2.52. The van der Waals surface area contributed by atoms with Gasteiger partial charge in [-0.25, -0.2) is 4.98 Å². The zero-order chi connectivity index (χ0) is 12.3. The first-order chi connectivity index (χ1) is 8.63. The Balaban J connectivity index is 1.81. The minimum Gasteiger partial charge on any atom is -0.383 e. The maximum Gasteiger partial charge on any atom is 0.252 e. The largest absolute Gasteiger partial charge is 0.383 e. The summed E-state index contributed by atoms with van der Waals surface area (Å²) >= 11 is 0. The molecule has 0 amide bonds. The summed E-state index contributed by atoms with van der Waals surface area (Å²) in [5.41, 5.74) is 5.77. The van der Waals surface area contributed by atoms with E-state index in [4.69, 9.17) is 5.73 Å². The van der Waals surface area contributed by atoms with Crippen LogP contribution < -0.4 is 11.3 Å². The number of hydrogen-bond acceptors (Lipinski definition) is 3. The number of nitrogens with two attached hydrogens (primary N) is 1.